The molecule has 150 valence electrons. The van der Waals surface area contributed by atoms with Crippen LogP contribution < -0.4 is 14.4 Å². The summed E-state index contributed by atoms with van der Waals surface area (Å²) in [5.41, 5.74) is 1.40. The zero-order chi connectivity index (χ0) is 20.4. The molecule has 0 saturated carbocycles. The van der Waals surface area contributed by atoms with Gasteiger partial charge in [-0.05, 0) is 41.8 Å². The van der Waals surface area contributed by atoms with Crippen LogP contribution >= 0.6 is 11.8 Å². The summed E-state index contributed by atoms with van der Waals surface area (Å²) in [4.78, 5) is 12.5. The Hall–Kier alpha value is -2.71. The van der Waals surface area contributed by atoms with Gasteiger partial charge in [0, 0.05) is 23.4 Å². The smallest absolute Gasteiger partial charge is 0.265 e. The Balaban J connectivity index is 1.35. The lowest BCUT2D eigenvalue weighted by Crippen LogP contribution is -2.29. The maximum Gasteiger partial charge on any atom is 0.265 e. The molecule has 0 saturated heterocycles. The lowest BCUT2D eigenvalue weighted by Gasteiger charge is -2.18. The number of nitrogens with zero attached hydrogens (tertiary/aromatic N) is 1. The van der Waals surface area contributed by atoms with E-state index in [0.29, 0.717) is 28.6 Å². The fourth-order valence-electron chi connectivity index (χ4n) is 3.38. The second kappa shape index (κ2) is 7.96. The molecule has 4 rings (SSSR count). The molecule has 0 aliphatic carbocycles. The van der Waals surface area contributed by atoms with E-state index in [4.69, 9.17) is 4.74 Å². The summed E-state index contributed by atoms with van der Waals surface area (Å²) in [5.74, 6) is 1.35. The normalized spacial score (nSPS) is 14.2. The Labute approximate surface area is 173 Å². The Morgan fingerprint density at radius 3 is 2.52 bits per heavy atom. The third kappa shape index (κ3) is 3.77. The first-order chi connectivity index (χ1) is 14.0. The van der Waals surface area contributed by atoms with Gasteiger partial charge in [0.2, 0.25) is 5.91 Å². The first kappa shape index (κ1) is 19.6. The summed E-state index contributed by atoms with van der Waals surface area (Å²) in [6.07, 6.45) is 0. The predicted octanol–water partition coefficient (Wildman–Crippen LogP) is 3.73. The number of carbonyl (C=O) groups is 1. The van der Waals surface area contributed by atoms with Crippen LogP contribution in [-0.2, 0) is 14.8 Å². The number of carbonyl (C=O) groups excluding carboxylic acids is 1. The van der Waals surface area contributed by atoms with Gasteiger partial charge >= 0.3 is 0 Å². The van der Waals surface area contributed by atoms with Gasteiger partial charge in [0.1, 0.15) is 5.75 Å². The average molecular weight is 429 g/mol. The van der Waals surface area contributed by atoms with Crippen molar-refractivity contribution < 1.29 is 17.9 Å². The zero-order valence-electron chi connectivity index (χ0n) is 15.8. The van der Waals surface area contributed by atoms with E-state index in [1.165, 1.54) is 16.1 Å². The van der Waals surface area contributed by atoms with Crippen molar-refractivity contribution in [3.05, 3.63) is 60.7 Å². The van der Waals surface area contributed by atoms with Crippen molar-refractivity contribution in [3.63, 3.8) is 0 Å². The maximum atomic E-state index is 12.9. The molecule has 0 fully saturated rings. The summed E-state index contributed by atoms with van der Waals surface area (Å²) in [6.45, 7) is 0.316. The van der Waals surface area contributed by atoms with Gasteiger partial charge in [-0.15, -0.1) is 0 Å². The number of rotatable bonds is 7. The van der Waals surface area contributed by atoms with E-state index in [2.05, 4.69) is 5.32 Å². The third-order valence-corrected chi connectivity index (χ3v) is 7.52. The first-order valence-corrected chi connectivity index (χ1v) is 11.7. The minimum atomic E-state index is -3.55. The van der Waals surface area contributed by atoms with E-state index in [1.807, 2.05) is 24.3 Å². The highest BCUT2D eigenvalue weighted by Gasteiger charge is 2.34. The van der Waals surface area contributed by atoms with Crippen LogP contribution in [0.5, 0.6) is 5.75 Å². The fourth-order valence-corrected chi connectivity index (χ4v) is 5.92. The Bertz CT molecular complexity index is 1160. The largest absolute Gasteiger partial charge is 0.497 e. The number of anilines is 2. The van der Waals surface area contributed by atoms with Crippen LogP contribution in [0.2, 0.25) is 0 Å². The first-order valence-electron chi connectivity index (χ1n) is 9.07. The highest BCUT2D eigenvalue weighted by atomic mass is 32.2. The number of benzene rings is 3. The standard InChI is InChI=1S/C21H20N2O4S2/c1-27-17-10-8-16(9-11-17)22-20(24)14-28-13-12-23-18-6-2-4-15-5-3-7-19(21(15)18)29(23,25)26/h2-11H,12-14H2,1H3,(H,22,24). The molecule has 0 radical (unpaired) electrons. The number of nitrogens with one attached hydrogen (secondary N) is 1. The molecule has 1 amide bonds. The Morgan fingerprint density at radius 1 is 1.07 bits per heavy atom. The molecule has 3 aromatic rings. The molecule has 6 nitrogen and oxygen atoms in total. The molecule has 0 aromatic heterocycles. The minimum absolute atomic E-state index is 0.130. The molecule has 3 aromatic carbocycles. The summed E-state index contributed by atoms with van der Waals surface area (Å²) in [7, 11) is -1.96. The minimum Gasteiger partial charge on any atom is -0.497 e. The molecule has 0 atom stereocenters. The monoisotopic (exact) mass is 428 g/mol. The third-order valence-electron chi connectivity index (χ3n) is 4.73. The van der Waals surface area contributed by atoms with Crippen molar-refractivity contribution >= 4 is 49.8 Å². The fraction of sp³-hybridized carbons (Fsp3) is 0.190. The second-order valence-corrected chi connectivity index (χ2v) is 9.47. The van der Waals surface area contributed by atoms with E-state index in [0.717, 1.165) is 16.5 Å². The molecule has 1 heterocycles. The number of ether oxygens (including phenoxy) is 1. The zero-order valence-corrected chi connectivity index (χ0v) is 17.4. The Morgan fingerprint density at radius 2 is 1.79 bits per heavy atom. The molecule has 0 unspecified atom stereocenters. The molecule has 1 aliphatic rings. The van der Waals surface area contributed by atoms with Gasteiger partial charge in [0.05, 0.1) is 23.4 Å². The van der Waals surface area contributed by atoms with Gasteiger partial charge < -0.3 is 10.1 Å². The highest BCUT2D eigenvalue weighted by Crippen LogP contribution is 2.41. The Kier molecular flexibility index (Phi) is 5.38. The van der Waals surface area contributed by atoms with Crippen molar-refractivity contribution in [2.45, 2.75) is 4.90 Å². The van der Waals surface area contributed by atoms with Crippen LogP contribution in [0, 0.1) is 0 Å². The van der Waals surface area contributed by atoms with Gasteiger partial charge in [-0.25, -0.2) is 8.42 Å². The quantitative estimate of drug-likeness (QED) is 0.581. The van der Waals surface area contributed by atoms with E-state index >= 15 is 0 Å². The van der Waals surface area contributed by atoms with Crippen molar-refractivity contribution in [1.29, 1.82) is 0 Å². The van der Waals surface area contributed by atoms with Crippen LogP contribution in [0.3, 0.4) is 0 Å². The molecule has 8 heteroatoms. The van der Waals surface area contributed by atoms with Crippen LogP contribution in [0.25, 0.3) is 10.8 Å². The summed E-state index contributed by atoms with van der Waals surface area (Å²) in [6, 6.07) is 18.0. The topological polar surface area (TPSA) is 75.7 Å². The van der Waals surface area contributed by atoms with Gasteiger partial charge in [0.25, 0.3) is 10.0 Å². The summed E-state index contributed by atoms with van der Waals surface area (Å²) >= 11 is 1.40. The molecular weight excluding hydrogens is 408 g/mol. The predicted molar refractivity (Wildman–Crippen MR) is 117 cm³/mol. The number of sulfonamides is 1. The van der Waals surface area contributed by atoms with Crippen molar-refractivity contribution in [1.82, 2.24) is 0 Å². The molecule has 0 bridgehead atoms. The van der Waals surface area contributed by atoms with Crippen LogP contribution in [0.1, 0.15) is 0 Å². The summed E-state index contributed by atoms with van der Waals surface area (Å²) in [5, 5.41) is 4.51. The van der Waals surface area contributed by atoms with Crippen molar-refractivity contribution in [2.75, 3.05) is 34.8 Å². The van der Waals surface area contributed by atoms with Crippen molar-refractivity contribution in [3.8, 4) is 5.75 Å². The van der Waals surface area contributed by atoms with E-state index in [1.54, 1.807) is 43.5 Å². The molecule has 0 spiro atoms. The van der Waals surface area contributed by atoms with Gasteiger partial charge in [-0.3, -0.25) is 9.10 Å². The molecule has 1 N–H and O–H groups in total. The van der Waals surface area contributed by atoms with Crippen LogP contribution in [-0.4, -0.2) is 39.5 Å². The maximum absolute atomic E-state index is 12.9. The molecule has 29 heavy (non-hydrogen) atoms. The highest BCUT2D eigenvalue weighted by molar-refractivity contribution is 8.00. The van der Waals surface area contributed by atoms with Gasteiger partial charge in [0.15, 0.2) is 0 Å². The average Bonchev–Trinajstić information content (AvgIpc) is 2.94. The number of hydrogen-bond donors (Lipinski definition) is 1. The second-order valence-electron chi connectivity index (χ2n) is 6.54. The van der Waals surface area contributed by atoms with Crippen LogP contribution in [0.4, 0.5) is 11.4 Å². The lowest BCUT2D eigenvalue weighted by molar-refractivity contribution is -0.113. The van der Waals surface area contributed by atoms with E-state index in [9.17, 15) is 13.2 Å². The van der Waals surface area contributed by atoms with Gasteiger partial charge in [-0.1, -0.05) is 24.3 Å². The lowest BCUT2D eigenvalue weighted by atomic mass is 10.1. The number of methoxy groups -OCH3 is 1. The van der Waals surface area contributed by atoms with E-state index in [-0.39, 0.29) is 11.7 Å². The van der Waals surface area contributed by atoms with Crippen molar-refractivity contribution in [2.24, 2.45) is 0 Å². The molecular formula is C21H20N2O4S2. The van der Waals surface area contributed by atoms with E-state index < -0.39 is 10.0 Å². The number of hydrogen-bond acceptors (Lipinski definition) is 5. The molecule has 1 aliphatic heterocycles. The SMILES string of the molecule is COc1ccc(NC(=O)CSCCN2c3cccc4cccc(c34)S2(=O)=O)cc1. The number of amides is 1. The number of thioether (sulfide) groups is 1. The van der Waals surface area contributed by atoms with Crippen LogP contribution in [0.15, 0.2) is 65.6 Å². The summed E-state index contributed by atoms with van der Waals surface area (Å²) < 4.78 is 32.4. The van der Waals surface area contributed by atoms with Gasteiger partial charge in [-0.2, -0.15) is 11.8 Å².